The Morgan fingerprint density at radius 1 is 1.27 bits per heavy atom. The molecule has 0 aliphatic carbocycles. The molecule has 5 nitrogen and oxygen atoms in total. The molecule has 0 heterocycles. The number of anilines is 2. The van der Waals surface area contributed by atoms with Gasteiger partial charge in [-0.1, -0.05) is 23.7 Å². The molecule has 0 saturated heterocycles. The van der Waals surface area contributed by atoms with E-state index >= 15 is 0 Å². The normalized spacial score (nSPS) is 11.3. The molecule has 0 aliphatic rings. The third-order valence-electron chi connectivity index (χ3n) is 3.11. The van der Waals surface area contributed by atoms with E-state index in [0.717, 1.165) is 4.31 Å². The standard InChI is InChI=1S/C14H14ClFN2O3S/c1-18(12-6-4-3-5-10(12)16)22(19,20)14-8-11(17)9(15)7-13(14)21-2/h3-8H,17H2,1-2H3. The summed E-state index contributed by atoms with van der Waals surface area (Å²) in [5, 5.41) is 0.171. The zero-order chi connectivity index (χ0) is 16.5. The maximum absolute atomic E-state index is 13.8. The van der Waals surface area contributed by atoms with E-state index < -0.39 is 15.8 Å². The molecule has 2 aromatic carbocycles. The predicted molar refractivity (Wildman–Crippen MR) is 84.4 cm³/mol. The van der Waals surface area contributed by atoms with E-state index in [-0.39, 0.29) is 27.0 Å². The SMILES string of the molecule is COc1cc(Cl)c(N)cc1S(=O)(=O)N(C)c1ccccc1F. The minimum absolute atomic E-state index is 0.0300. The Hall–Kier alpha value is -1.99. The topological polar surface area (TPSA) is 72.6 Å². The van der Waals surface area contributed by atoms with Gasteiger partial charge in [-0.2, -0.15) is 0 Å². The van der Waals surface area contributed by atoms with Crippen molar-refractivity contribution in [1.82, 2.24) is 0 Å². The van der Waals surface area contributed by atoms with Crippen LogP contribution in [0.2, 0.25) is 5.02 Å². The molecule has 0 aliphatic heterocycles. The average molecular weight is 345 g/mol. The van der Waals surface area contributed by atoms with Gasteiger partial charge in [-0.25, -0.2) is 12.8 Å². The number of nitrogen functional groups attached to an aromatic ring is 1. The van der Waals surface area contributed by atoms with E-state index in [4.69, 9.17) is 22.1 Å². The molecule has 0 fully saturated rings. The molecule has 0 atom stereocenters. The van der Waals surface area contributed by atoms with Crippen molar-refractivity contribution in [1.29, 1.82) is 0 Å². The number of sulfonamides is 1. The van der Waals surface area contributed by atoms with Gasteiger partial charge in [0.05, 0.1) is 23.5 Å². The molecule has 2 rings (SSSR count). The van der Waals surface area contributed by atoms with Crippen LogP contribution in [0.25, 0.3) is 0 Å². The lowest BCUT2D eigenvalue weighted by Crippen LogP contribution is -2.28. The van der Waals surface area contributed by atoms with Crippen molar-refractivity contribution >= 4 is 33.0 Å². The van der Waals surface area contributed by atoms with Crippen LogP contribution < -0.4 is 14.8 Å². The summed E-state index contributed by atoms with van der Waals surface area (Å²) in [6.07, 6.45) is 0. The van der Waals surface area contributed by atoms with Gasteiger partial charge in [-0.3, -0.25) is 4.31 Å². The van der Waals surface area contributed by atoms with Crippen LogP contribution in [0.4, 0.5) is 15.8 Å². The number of ether oxygens (including phenoxy) is 1. The molecule has 2 N–H and O–H groups in total. The summed E-state index contributed by atoms with van der Waals surface area (Å²) >= 11 is 5.86. The fourth-order valence-electron chi connectivity index (χ4n) is 1.90. The van der Waals surface area contributed by atoms with E-state index in [0.29, 0.717) is 0 Å². The molecular weight excluding hydrogens is 331 g/mol. The second-order valence-electron chi connectivity index (χ2n) is 4.45. The zero-order valence-electron chi connectivity index (χ0n) is 11.9. The van der Waals surface area contributed by atoms with Crippen molar-refractivity contribution in [3.63, 3.8) is 0 Å². The number of nitrogens with zero attached hydrogens (tertiary/aromatic N) is 1. The van der Waals surface area contributed by atoms with Gasteiger partial charge in [0.1, 0.15) is 16.5 Å². The summed E-state index contributed by atoms with van der Waals surface area (Å²) in [7, 11) is -1.51. The molecule has 0 radical (unpaired) electrons. The first-order valence-corrected chi connectivity index (χ1v) is 7.97. The predicted octanol–water partition coefficient (Wildman–Crippen LogP) is 2.90. The summed E-state index contributed by atoms with van der Waals surface area (Å²) < 4.78 is 45.1. The van der Waals surface area contributed by atoms with Crippen LogP contribution in [-0.2, 0) is 10.0 Å². The third kappa shape index (κ3) is 2.82. The van der Waals surface area contributed by atoms with Gasteiger partial charge in [0.2, 0.25) is 0 Å². The number of nitrogens with two attached hydrogens (primary N) is 1. The Bertz CT molecular complexity index is 812. The van der Waals surface area contributed by atoms with E-state index in [1.54, 1.807) is 0 Å². The lowest BCUT2D eigenvalue weighted by Gasteiger charge is -2.21. The van der Waals surface area contributed by atoms with Crippen LogP contribution in [-0.4, -0.2) is 22.6 Å². The zero-order valence-corrected chi connectivity index (χ0v) is 13.5. The highest BCUT2D eigenvalue weighted by atomic mass is 35.5. The highest BCUT2D eigenvalue weighted by Crippen LogP contribution is 2.35. The fraction of sp³-hybridized carbons (Fsp3) is 0.143. The van der Waals surface area contributed by atoms with Crippen molar-refractivity contribution in [2.45, 2.75) is 4.90 Å². The average Bonchev–Trinajstić information content (AvgIpc) is 2.49. The highest BCUT2D eigenvalue weighted by Gasteiger charge is 2.27. The number of halogens is 2. The van der Waals surface area contributed by atoms with Crippen molar-refractivity contribution in [2.24, 2.45) is 0 Å². The summed E-state index contributed by atoms with van der Waals surface area (Å²) in [5.74, 6) is -0.628. The molecule has 2 aromatic rings. The number of hydrogen-bond acceptors (Lipinski definition) is 4. The van der Waals surface area contributed by atoms with Crippen LogP contribution in [0.15, 0.2) is 41.3 Å². The lowest BCUT2D eigenvalue weighted by molar-refractivity contribution is 0.403. The largest absolute Gasteiger partial charge is 0.495 e. The Kier molecular flexibility index (Phi) is 4.48. The molecule has 0 unspecified atom stereocenters. The second-order valence-corrected chi connectivity index (χ2v) is 6.79. The number of methoxy groups -OCH3 is 1. The molecule has 8 heteroatoms. The first-order valence-electron chi connectivity index (χ1n) is 6.15. The van der Waals surface area contributed by atoms with Crippen molar-refractivity contribution in [3.8, 4) is 5.75 Å². The van der Waals surface area contributed by atoms with Crippen LogP contribution in [0.5, 0.6) is 5.75 Å². The lowest BCUT2D eigenvalue weighted by atomic mass is 10.3. The number of para-hydroxylation sites is 1. The molecule has 22 heavy (non-hydrogen) atoms. The Labute approximate surface area is 133 Å². The first kappa shape index (κ1) is 16.4. The van der Waals surface area contributed by atoms with Gasteiger partial charge in [0.25, 0.3) is 10.0 Å². The van der Waals surface area contributed by atoms with E-state index in [1.165, 1.54) is 50.6 Å². The molecule has 0 amide bonds. The van der Waals surface area contributed by atoms with Crippen LogP contribution in [0, 0.1) is 5.82 Å². The molecule has 118 valence electrons. The van der Waals surface area contributed by atoms with E-state index in [1.807, 2.05) is 0 Å². The van der Waals surface area contributed by atoms with Gasteiger partial charge >= 0.3 is 0 Å². The summed E-state index contributed by atoms with van der Waals surface area (Å²) in [4.78, 5) is -0.192. The van der Waals surface area contributed by atoms with Crippen molar-refractivity contribution in [3.05, 3.63) is 47.2 Å². The Balaban J connectivity index is 2.60. The minimum Gasteiger partial charge on any atom is -0.495 e. The monoisotopic (exact) mass is 344 g/mol. The molecule has 0 bridgehead atoms. The van der Waals surface area contributed by atoms with E-state index in [9.17, 15) is 12.8 Å². The first-order chi connectivity index (χ1) is 10.3. The quantitative estimate of drug-likeness (QED) is 0.865. The number of rotatable bonds is 4. The molecule has 0 saturated carbocycles. The molecular formula is C14H14ClFN2O3S. The second kappa shape index (κ2) is 6.02. The van der Waals surface area contributed by atoms with Gasteiger partial charge in [-0.05, 0) is 18.2 Å². The van der Waals surface area contributed by atoms with Gasteiger partial charge in [-0.15, -0.1) is 0 Å². The van der Waals surface area contributed by atoms with Crippen LogP contribution in [0.1, 0.15) is 0 Å². The number of benzene rings is 2. The van der Waals surface area contributed by atoms with E-state index in [2.05, 4.69) is 0 Å². The van der Waals surface area contributed by atoms with Gasteiger partial charge < -0.3 is 10.5 Å². The molecule has 0 aromatic heterocycles. The van der Waals surface area contributed by atoms with Gasteiger partial charge in [0, 0.05) is 13.1 Å². The maximum atomic E-state index is 13.8. The van der Waals surface area contributed by atoms with Gasteiger partial charge in [0.15, 0.2) is 0 Å². The van der Waals surface area contributed by atoms with Crippen molar-refractivity contribution < 1.29 is 17.5 Å². The summed E-state index contributed by atoms with van der Waals surface area (Å²) in [6, 6.07) is 8.04. The highest BCUT2D eigenvalue weighted by molar-refractivity contribution is 7.93. The van der Waals surface area contributed by atoms with Crippen molar-refractivity contribution in [2.75, 3.05) is 24.2 Å². The third-order valence-corrected chi connectivity index (χ3v) is 5.23. The van der Waals surface area contributed by atoms with Crippen LogP contribution >= 0.6 is 11.6 Å². The summed E-state index contributed by atoms with van der Waals surface area (Å²) in [5.41, 5.74) is 5.67. The fourth-order valence-corrected chi connectivity index (χ4v) is 3.42. The Morgan fingerprint density at radius 3 is 2.50 bits per heavy atom. The maximum Gasteiger partial charge on any atom is 0.267 e. The smallest absolute Gasteiger partial charge is 0.267 e. The number of hydrogen-bond donors (Lipinski definition) is 1. The molecule has 0 spiro atoms. The van der Waals surface area contributed by atoms with Crippen LogP contribution in [0.3, 0.4) is 0 Å². The Morgan fingerprint density at radius 2 is 1.91 bits per heavy atom. The minimum atomic E-state index is -4.07. The summed E-state index contributed by atoms with van der Waals surface area (Å²) in [6.45, 7) is 0.